The van der Waals surface area contributed by atoms with Crippen LogP contribution < -0.4 is 5.73 Å². The van der Waals surface area contributed by atoms with Crippen molar-refractivity contribution in [3.63, 3.8) is 0 Å². The molecule has 1 saturated heterocycles. The highest BCUT2D eigenvalue weighted by Gasteiger charge is 2.38. The highest BCUT2D eigenvalue weighted by Crippen LogP contribution is 2.44. The van der Waals surface area contributed by atoms with Crippen LogP contribution in [0, 0.1) is 0 Å². The SMILES string of the molecule is I.NC(=NCC1(c2ccc(Cl)cc2)CCC1)N1CCOCC1. The summed E-state index contributed by atoms with van der Waals surface area (Å²) in [6.45, 7) is 3.90. The van der Waals surface area contributed by atoms with Gasteiger partial charge in [-0.25, -0.2) is 0 Å². The normalized spacial score (nSPS) is 21.0. The quantitative estimate of drug-likeness (QED) is 0.451. The van der Waals surface area contributed by atoms with Gasteiger partial charge in [0.15, 0.2) is 5.96 Å². The third kappa shape index (κ3) is 3.86. The first kappa shape index (κ1) is 17.8. The first-order valence-electron chi connectivity index (χ1n) is 7.58. The fraction of sp³-hybridized carbons (Fsp3) is 0.562. The van der Waals surface area contributed by atoms with Crippen LogP contribution in [0.1, 0.15) is 24.8 Å². The van der Waals surface area contributed by atoms with Gasteiger partial charge in [-0.05, 0) is 30.5 Å². The van der Waals surface area contributed by atoms with Crippen molar-refractivity contribution in [1.82, 2.24) is 4.90 Å². The van der Waals surface area contributed by atoms with Gasteiger partial charge in [-0.15, -0.1) is 24.0 Å². The number of hydrogen-bond donors (Lipinski definition) is 1. The van der Waals surface area contributed by atoms with Crippen LogP contribution >= 0.6 is 35.6 Å². The average Bonchev–Trinajstić information content (AvgIpc) is 2.48. The van der Waals surface area contributed by atoms with Crippen molar-refractivity contribution >= 4 is 41.5 Å². The Hall–Kier alpha value is -0.530. The smallest absolute Gasteiger partial charge is 0.191 e. The van der Waals surface area contributed by atoms with Crippen molar-refractivity contribution in [2.75, 3.05) is 32.8 Å². The predicted molar refractivity (Wildman–Crippen MR) is 101 cm³/mol. The van der Waals surface area contributed by atoms with Crippen LogP contribution in [0.15, 0.2) is 29.3 Å². The summed E-state index contributed by atoms with van der Waals surface area (Å²) in [4.78, 5) is 6.78. The van der Waals surface area contributed by atoms with E-state index < -0.39 is 0 Å². The van der Waals surface area contributed by atoms with E-state index in [1.165, 1.54) is 24.8 Å². The van der Waals surface area contributed by atoms with Gasteiger partial charge in [-0.2, -0.15) is 0 Å². The number of aliphatic imine (C=N–C) groups is 1. The minimum atomic E-state index is 0. The molecule has 1 aliphatic carbocycles. The van der Waals surface area contributed by atoms with Crippen molar-refractivity contribution in [3.05, 3.63) is 34.9 Å². The van der Waals surface area contributed by atoms with E-state index in [1.54, 1.807) is 0 Å². The zero-order valence-electron chi connectivity index (χ0n) is 12.6. The van der Waals surface area contributed by atoms with Crippen LogP contribution in [0.3, 0.4) is 0 Å². The predicted octanol–water partition coefficient (Wildman–Crippen LogP) is 3.03. The summed E-state index contributed by atoms with van der Waals surface area (Å²) >= 11 is 5.99. The zero-order valence-corrected chi connectivity index (χ0v) is 15.7. The summed E-state index contributed by atoms with van der Waals surface area (Å²) in [5.41, 5.74) is 7.62. The molecule has 122 valence electrons. The van der Waals surface area contributed by atoms with Gasteiger partial charge in [-0.3, -0.25) is 4.99 Å². The van der Waals surface area contributed by atoms with Gasteiger partial charge in [0.05, 0.1) is 19.8 Å². The molecule has 1 saturated carbocycles. The van der Waals surface area contributed by atoms with E-state index >= 15 is 0 Å². The van der Waals surface area contributed by atoms with Crippen molar-refractivity contribution in [2.24, 2.45) is 10.7 Å². The lowest BCUT2D eigenvalue weighted by atomic mass is 9.64. The maximum absolute atomic E-state index is 6.14. The Balaban J connectivity index is 0.00000176. The molecular formula is C16H23ClIN3O. The van der Waals surface area contributed by atoms with Gasteiger partial charge in [0.25, 0.3) is 0 Å². The van der Waals surface area contributed by atoms with Gasteiger partial charge in [0, 0.05) is 23.5 Å². The zero-order chi connectivity index (χ0) is 14.7. The van der Waals surface area contributed by atoms with Crippen LogP contribution in [0.5, 0.6) is 0 Å². The largest absolute Gasteiger partial charge is 0.378 e. The number of guanidine groups is 1. The molecule has 2 fully saturated rings. The number of ether oxygens (including phenoxy) is 1. The number of rotatable bonds is 3. The minimum Gasteiger partial charge on any atom is -0.378 e. The Morgan fingerprint density at radius 1 is 1.23 bits per heavy atom. The molecule has 3 rings (SSSR count). The maximum Gasteiger partial charge on any atom is 0.191 e. The van der Waals surface area contributed by atoms with Crippen LogP contribution in [0.4, 0.5) is 0 Å². The van der Waals surface area contributed by atoms with Crippen LogP contribution in [0.2, 0.25) is 5.02 Å². The highest BCUT2D eigenvalue weighted by atomic mass is 127. The number of hydrogen-bond acceptors (Lipinski definition) is 2. The number of morpholine rings is 1. The van der Waals surface area contributed by atoms with Crippen molar-refractivity contribution < 1.29 is 4.74 Å². The highest BCUT2D eigenvalue weighted by molar-refractivity contribution is 14.0. The molecule has 22 heavy (non-hydrogen) atoms. The first-order valence-corrected chi connectivity index (χ1v) is 7.96. The molecule has 0 amide bonds. The van der Waals surface area contributed by atoms with Gasteiger partial charge >= 0.3 is 0 Å². The molecule has 4 nitrogen and oxygen atoms in total. The third-order valence-corrected chi connectivity index (χ3v) is 4.90. The molecule has 1 aliphatic heterocycles. The summed E-state index contributed by atoms with van der Waals surface area (Å²) < 4.78 is 5.34. The Morgan fingerprint density at radius 3 is 2.41 bits per heavy atom. The average molecular weight is 436 g/mol. The van der Waals surface area contributed by atoms with E-state index in [1.807, 2.05) is 12.1 Å². The molecule has 0 atom stereocenters. The second kappa shape index (κ2) is 7.84. The summed E-state index contributed by atoms with van der Waals surface area (Å²) in [5.74, 6) is 0.651. The number of benzene rings is 1. The first-order chi connectivity index (χ1) is 10.2. The van der Waals surface area contributed by atoms with E-state index in [-0.39, 0.29) is 29.4 Å². The third-order valence-electron chi connectivity index (χ3n) is 4.65. The van der Waals surface area contributed by atoms with Gasteiger partial charge < -0.3 is 15.4 Å². The van der Waals surface area contributed by atoms with E-state index in [0.29, 0.717) is 5.96 Å². The molecule has 0 aromatic heterocycles. The van der Waals surface area contributed by atoms with E-state index in [2.05, 4.69) is 22.0 Å². The summed E-state index contributed by atoms with van der Waals surface area (Å²) in [7, 11) is 0. The fourth-order valence-electron chi connectivity index (χ4n) is 3.07. The number of nitrogens with two attached hydrogens (primary N) is 1. The molecule has 1 heterocycles. The molecule has 6 heteroatoms. The van der Waals surface area contributed by atoms with Crippen LogP contribution in [-0.2, 0) is 10.2 Å². The van der Waals surface area contributed by atoms with Gasteiger partial charge in [-0.1, -0.05) is 30.2 Å². The topological polar surface area (TPSA) is 50.8 Å². The molecule has 0 unspecified atom stereocenters. The summed E-state index contributed by atoms with van der Waals surface area (Å²) in [6.07, 6.45) is 3.61. The molecule has 2 aliphatic rings. The molecule has 0 radical (unpaired) electrons. The molecule has 1 aromatic rings. The Labute approximate surface area is 154 Å². The lowest BCUT2D eigenvalue weighted by molar-refractivity contribution is 0.0673. The lowest BCUT2D eigenvalue weighted by Gasteiger charge is -2.41. The van der Waals surface area contributed by atoms with Crippen LogP contribution in [0.25, 0.3) is 0 Å². The minimum absolute atomic E-state index is 0. The standard InChI is InChI=1S/C16H22ClN3O.HI/c17-14-4-2-13(3-5-14)16(6-1-7-16)12-19-15(18)20-8-10-21-11-9-20;/h2-5H,1,6-12H2,(H2,18,19);1H. The monoisotopic (exact) mass is 435 g/mol. The fourth-order valence-corrected chi connectivity index (χ4v) is 3.20. The molecule has 2 N–H and O–H groups in total. The maximum atomic E-state index is 6.14. The summed E-state index contributed by atoms with van der Waals surface area (Å²) in [5, 5.41) is 0.782. The van der Waals surface area contributed by atoms with E-state index in [0.717, 1.165) is 37.9 Å². The lowest BCUT2D eigenvalue weighted by Crippen LogP contribution is -2.46. The van der Waals surface area contributed by atoms with Crippen molar-refractivity contribution in [1.29, 1.82) is 0 Å². The van der Waals surface area contributed by atoms with Crippen molar-refractivity contribution in [2.45, 2.75) is 24.7 Å². The molecule has 0 spiro atoms. The number of halogens is 2. The van der Waals surface area contributed by atoms with Crippen LogP contribution in [-0.4, -0.2) is 43.7 Å². The van der Waals surface area contributed by atoms with E-state index in [9.17, 15) is 0 Å². The molecular weight excluding hydrogens is 413 g/mol. The van der Waals surface area contributed by atoms with E-state index in [4.69, 9.17) is 22.1 Å². The Kier molecular flexibility index (Phi) is 6.35. The molecule has 0 bridgehead atoms. The van der Waals surface area contributed by atoms with Crippen molar-refractivity contribution in [3.8, 4) is 0 Å². The van der Waals surface area contributed by atoms with Gasteiger partial charge in [0.1, 0.15) is 0 Å². The second-order valence-electron chi connectivity index (χ2n) is 5.91. The molecule has 1 aromatic carbocycles. The summed E-state index contributed by atoms with van der Waals surface area (Å²) in [6, 6.07) is 8.18. The second-order valence-corrected chi connectivity index (χ2v) is 6.35. The van der Waals surface area contributed by atoms with Gasteiger partial charge in [0.2, 0.25) is 0 Å². The number of nitrogens with zero attached hydrogens (tertiary/aromatic N) is 2. The Morgan fingerprint density at radius 2 is 1.86 bits per heavy atom. The Bertz CT molecular complexity index is 511.